The minimum atomic E-state index is -1.43. The third kappa shape index (κ3) is 7.66. The van der Waals surface area contributed by atoms with Crippen LogP contribution in [-0.4, -0.2) is 88.0 Å². The number of aliphatic hydroxyl groups excluding tert-OH is 1. The van der Waals surface area contributed by atoms with Crippen molar-refractivity contribution in [1.82, 2.24) is 10.2 Å². The maximum absolute atomic E-state index is 13.0. The van der Waals surface area contributed by atoms with Crippen LogP contribution in [0.2, 0.25) is 0 Å². The lowest BCUT2D eigenvalue weighted by Gasteiger charge is -2.38. The van der Waals surface area contributed by atoms with Crippen LogP contribution in [0.3, 0.4) is 0 Å². The number of rotatable bonds is 13. The molecule has 3 aromatic rings. The third-order valence-electron chi connectivity index (χ3n) is 8.22. The van der Waals surface area contributed by atoms with Crippen LogP contribution in [0, 0.1) is 0 Å². The van der Waals surface area contributed by atoms with E-state index < -0.39 is 12.4 Å². The van der Waals surface area contributed by atoms with Crippen LogP contribution in [-0.2, 0) is 24.5 Å². The van der Waals surface area contributed by atoms with Gasteiger partial charge >= 0.3 is 5.97 Å². The fraction of sp³-hybridized carbons (Fsp3) is 0.500. The van der Waals surface area contributed by atoms with Crippen molar-refractivity contribution in [2.24, 2.45) is 0 Å². The Morgan fingerprint density at radius 1 is 1.09 bits per heavy atom. The molecule has 1 fully saturated rings. The number of piperazine rings is 1. The van der Waals surface area contributed by atoms with Crippen LogP contribution >= 0.6 is 11.3 Å². The van der Waals surface area contributed by atoms with E-state index in [2.05, 4.69) is 49.5 Å². The number of unbranched alkanes of at least 4 members (excludes halogenated alkanes) is 1. The van der Waals surface area contributed by atoms with Gasteiger partial charge in [0.25, 0.3) is 0 Å². The molecule has 1 saturated heterocycles. The van der Waals surface area contributed by atoms with E-state index in [0.717, 1.165) is 51.1 Å². The molecule has 2 aromatic carbocycles. The molecule has 10 nitrogen and oxygen atoms in total. The standard InChI is InChI=1S/C32H42N4O6S/c1-32(2)20-29(37)36(22-42-31(39)33-21-30(38)40-3)27-19-23(9-10-25(27)32)41-17-5-4-12-34-13-15-35(16-14-34)26-7-6-8-28-24(26)11-18-43-28/h6-11,18-19,31,33,39H,4-5,12-17,20-22H2,1-3H3. The van der Waals surface area contributed by atoms with E-state index in [1.807, 2.05) is 32.0 Å². The van der Waals surface area contributed by atoms with Crippen molar-refractivity contribution >= 4 is 44.7 Å². The monoisotopic (exact) mass is 610 g/mol. The molecule has 2 aliphatic heterocycles. The molecular formula is C32H42N4O6S. The lowest BCUT2D eigenvalue weighted by Crippen LogP contribution is -2.46. The number of anilines is 2. The topological polar surface area (TPSA) is 104 Å². The fourth-order valence-corrected chi connectivity index (χ4v) is 6.59. The largest absolute Gasteiger partial charge is 0.494 e. The summed E-state index contributed by atoms with van der Waals surface area (Å²) in [5.74, 6) is 0.0489. The van der Waals surface area contributed by atoms with Crippen molar-refractivity contribution in [3.63, 3.8) is 0 Å². The minimum Gasteiger partial charge on any atom is -0.494 e. The summed E-state index contributed by atoms with van der Waals surface area (Å²) in [5.41, 5.74) is 2.71. The van der Waals surface area contributed by atoms with Gasteiger partial charge in [-0.3, -0.25) is 24.7 Å². The quantitative estimate of drug-likeness (QED) is 0.169. The van der Waals surface area contributed by atoms with Gasteiger partial charge in [-0.2, -0.15) is 0 Å². The maximum atomic E-state index is 13.0. The van der Waals surface area contributed by atoms with E-state index in [-0.39, 0.29) is 24.6 Å². The van der Waals surface area contributed by atoms with Crippen molar-refractivity contribution in [2.75, 3.05) is 69.5 Å². The van der Waals surface area contributed by atoms with Crippen molar-refractivity contribution < 1.29 is 28.9 Å². The zero-order valence-corrected chi connectivity index (χ0v) is 26.0. The van der Waals surface area contributed by atoms with E-state index in [4.69, 9.17) is 9.47 Å². The molecule has 0 saturated carbocycles. The highest BCUT2D eigenvalue weighted by molar-refractivity contribution is 7.17. The number of hydrogen-bond acceptors (Lipinski definition) is 10. The first-order valence-corrected chi connectivity index (χ1v) is 15.7. The van der Waals surface area contributed by atoms with Crippen LogP contribution in [0.25, 0.3) is 10.1 Å². The Hall–Kier alpha value is -3.22. The van der Waals surface area contributed by atoms with E-state index in [0.29, 0.717) is 24.5 Å². The number of carbonyl (C=O) groups excluding carboxylic acids is 2. The van der Waals surface area contributed by atoms with E-state index in [1.165, 1.54) is 27.8 Å². The van der Waals surface area contributed by atoms with Gasteiger partial charge in [0, 0.05) is 59.9 Å². The van der Waals surface area contributed by atoms with Crippen LogP contribution < -0.4 is 19.9 Å². The molecule has 43 heavy (non-hydrogen) atoms. The number of nitrogens with one attached hydrogen (secondary N) is 1. The number of amides is 1. The smallest absolute Gasteiger partial charge is 0.319 e. The summed E-state index contributed by atoms with van der Waals surface area (Å²) < 4.78 is 17.4. The Balaban J connectivity index is 1.08. The molecule has 1 atom stereocenters. The van der Waals surface area contributed by atoms with Gasteiger partial charge in [-0.05, 0) is 54.6 Å². The van der Waals surface area contributed by atoms with Crippen molar-refractivity contribution in [3.8, 4) is 5.75 Å². The van der Waals surface area contributed by atoms with Crippen LogP contribution in [0.15, 0.2) is 47.8 Å². The average molecular weight is 611 g/mol. The lowest BCUT2D eigenvalue weighted by molar-refractivity contribution is -0.149. The molecular weight excluding hydrogens is 568 g/mol. The first kappa shape index (κ1) is 31.2. The fourth-order valence-electron chi connectivity index (χ4n) is 5.78. The average Bonchev–Trinajstić information content (AvgIpc) is 3.49. The van der Waals surface area contributed by atoms with E-state index >= 15 is 0 Å². The second-order valence-electron chi connectivity index (χ2n) is 11.7. The Kier molecular flexibility index (Phi) is 10.2. The zero-order valence-electron chi connectivity index (χ0n) is 25.2. The Morgan fingerprint density at radius 3 is 2.70 bits per heavy atom. The number of esters is 1. The van der Waals surface area contributed by atoms with Gasteiger partial charge in [0.1, 0.15) is 12.5 Å². The first-order chi connectivity index (χ1) is 20.7. The molecule has 11 heteroatoms. The number of ether oxygens (including phenoxy) is 3. The summed E-state index contributed by atoms with van der Waals surface area (Å²) >= 11 is 1.80. The Bertz CT molecular complexity index is 1400. The number of methoxy groups -OCH3 is 1. The molecule has 0 spiro atoms. The van der Waals surface area contributed by atoms with E-state index in [9.17, 15) is 14.7 Å². The minimum absolute atomic E-state index is 0.109. The second kappa shape index (κ2) is 14.0. The van der Waals surface area contributed by atoms with Crippen LogP contribution in [0.5, 0.6) is 5.75 Å². The van der Waals surface area contributed by atoms with Gasteiger partial charge in [0.15, 0.2) is 0 Å². The number of thiophene rings is 1. The molecule has 3 heterocycles. The molecule has 0 aliphatic carbocycles. The van der Waals surface area contributed by atoms with Gasteiger partial charge < -0.3 is 24.2 Å². The number of fused-ring (bicyclic) bond motifs is 2. The molecule has 0 radical (unpaired) electrons. The molecule has 2 aliphatic rings. The molecule has 1 amide bonds. The van der Waals surface area contributed by atoms with Gasteiger partial charge in [-0.1, -0.05) is 26.0 Å². The van der Waals surface area contributed by atoms with Gasteiger partial charge in [-0.15, -0.1) is 11.3 Å². The lowest BCUT2D eigenvalue weighted by atomic mass is 9.77. The summed E-state index contributed by atoms with van der Waals surface area (Å²) in [6, 6.07) is 14.6. The van der Waals surface area contributed by atoms with Gasteiger partial charge in [-0.25, -0.2) is 0 Å². The van der Waals surface area contributed by atoms with Gasteiger partial charge in [0.2, 0.25) is 12.3 Å². The predicted octanol–water partition coefficient (Wildman–Crippen LogP) is 3.91. The summed E-state index contributed by atoms with van der Waals surface area (Å²) in [7, 11) is 1.26. The number of aliphatic hydroxyl groups is 1. The number of nitrogens with zero attached hydrogens (tertiary/aromatic N) is 3. The molecule has 232 valence electrons. The zero-order chi connectivity index (χ0) is 30.4. The van der Waals surface area contributed by atoms with Crippen LogP contribution in [0.4, 0.5) is 11.4 Å². The van der Waals surface area contributed by atoms with Crippen LogP contribution in [0.1, 0.15) is 38.7 Å². The third-order valence-corrected chi connectivity index (χ3v) is 9.10. The SMILES string of the molecule is COC(=O)CNC(O)OCN1C(=O)CC(C)(C)c2ccc(OCCCCN3CCN(c4cccc5sccc45)CC3)cc21. The van der Waals surface area contributed by atoms with Gasteiger partial charge in [0.05, 0.1) is 25.9 Å². The summed E-state index contributed by atoms with van der Waals surface area (Å²) in [6.45, 7) is 9.51. The number of benzene rings is 2. The highest BCUT2D eigenvalue weighted by atomic mass is 32.1. The van der Waals surface area contributed by atoms with Crippen molar-refractivity contribution in [1.29, 1.82) is 0 Å². The maximum Gasteiger partial charge on any atom is 0.319 e. The summed E-state index contributed by atoms with van der Waals surface area (Å²) in [6.07, 6.45) is 0.865. The first-order valence-electron chi connectivity index (χ1n) is 14.9. The Morgan fingerprint density at radius 2 is 1.91 bits per heavy atom. The highest BCUT2D eigenvalue weighted by Gasteiger charge is 2.37. The normalized spacial score (nSPS) is 17.6. The molecule has 2 N–H and O–H groups in total. The van der Waals surface area contributed by atoms with Crippen molar-refractivity contribution in [3.05, 3.63) is 53.4 Å². The predicted molar refractivity (Wildman–Crippen MR) is 169 cm³/mol. The Labute approximate surface area is 257 Å². The molecule has 1 unspecified atom stereocenters. The molecule has 0 bridgehead atoms. The van der Waals surface area contributed by atoms with E-state index in [1.54, 1.807) is 11.3 Å². The number of carbonyl (C=O) groups is 2. The van der Waals surface area contributed by atoms with Crippen molar-refractivity contribution in [2.45, 2.75) is 44.9 Å². The molecule has 5 rings (SSSR count). The number of hydrogen-bond donors (Lipinski definition) is 2. The summed E-state index contributed by atoms with van der Waals surface area (Å²) in [4.78, 5) is 30.9. The second-order valence-corrected chi connectivity index (χ2v) is 12.6. The molecule has 1 aromatic heterocycles. The highest BCUT2D eigenvalue weighted by Crippen LogP contribution is 2.42. The summed E-state index contributed by atoms with van der Waals surface area (Å²) in [5, 5.41) is 16.1.